The molecule has 1 aromatic rings. The van der Waals surface area contributed by atoms with Crippen molar-refractivity contribution in [3.05, 3.63) is 26.9 Å². The monoisotopic (exact) mass is 411 g/mol. The van der Waals surface area contributed by atoms with Crippen LogP contribution in [0.1, 0.15) is 11.8 Å². The average Bonchev–Trinajstić information content (AvgIpc) is 2.81. The molecule has 1 saturated heterocycles. The highest BCUT2D eigenvalue weighted by Gasteiger charge is 2.47. The fourth-order valence-electron chi connectivity index (χ4n) is 2.51. The van der Waals surface area contributed by atoms with Gasteiger partial charge in [0.1, 0.15) is 17.5 Å². The number of nitrogens with two attached hydrogens (primary N) is 1. The number of carbonyl (C=O) groups is 1. The van der Waals surface area contributed by atoms with Crippen molar-refractivity contribution in [3.63, 3.8) is 0 Å². The minimum atomic E-state index is -4.52. The maximum Gasteiger partial charge on any atom is 0.335 e. The van der Waals surface area contributed by atoms with Crippen molar-refractivity contribution in [2.24, 2.45) is 5.73 Å². The number of aliphatic hydroxyl groups is 2. The number of aliphatic carboxylic acids is 1. The number of ether oxygens (including phenoxy) is 1. The van der Waals surface area contributed by atoms with Crippen LogP contribution in [-0.2, 0) is 26.1 Å². The van der Waals surface area contributed by atoms with E-state index in [4.69, 9.17) is 32.3 Å². The van der Waals surface area contributed by atoms with E-state index >= 15 is 0 Å². The number of rotatable bonds is 6. The van der Waals surface area contributed by atoms with Crippen LogP contribution in [0.5, 0.6) is 0 Å². The van der Waals surface area contributed by atoms with E-state index in [0.29, 0.717) is 0 Å². The van der Waals surface area contributed by atoms with E-state index in [2.05, 4.69) is 4.98 Å². The second-order valence-electron chi connectivity index (χ2n) is 5.66. The fraction of sp³-hybridized carbons (Fsp3) is 0.583. The average molecular weight is 411 g/mol. The Bertz CT molecular complexity index is 909. The number of nitrogens with zero attached hydrogens (tertiary/aromatic N) is 1. The van der Waals surface area contributed by atoms with Crippen LogP contribution >= 0.6 is 12.2 Å². The van der Waals surface area contributed by atoms with Crippen LogP contribution < -0.4 is 11.3 Å². The van der Waals surface area contributed by atoms with Crippen LogP contribution in [0.4, 0.5) is 0 Å². The number of aromatic amines is 1. The molecule has 5 atom stereocenters. The summed E-state index contributed by atoms with van der Waals surface area (Å²) in [6.07, 6.45) is -5.98. The number of aromatic nitrogens is 2. The van der Waals surface area contributed by atoms with Crippen LogP contribution in [-0.4, -0.2) is 73.9 Å². The molecule has 7 N–H and O–H groups in total. The largest absolute Gasteiger partial charge is 0.479 e. The second kappa shape index (κ2) is 7.51. The molecule has 1 aliphatic heterocycles. The summed E-state index contributed by atoms with van der Waals surface area (Å²) in [5, 5.41) is 27.3. The van der Waals surface area contributed by atoms with Gasteiger partial charge < -0.3 is 25.8 Å². The van der Waals surface area contributed by atoms with E-state index < -0.39 is 64.4 Å². The van der Waals surface area contributed by atoms with Crippen LogP contribution in [0.25, 0.3) is 0 Å². The van der Waals surface area contributed by atoms with Crippen molar-refractivity contribution in [2.45, 2.75) is 36.2 Å². The molecule has 2 heterocycles. The zero-order chi connectivity index (χ0) is 19.8. The third kappa shape index (κ3) is 4.01. The van der Waals surface area contributed by atoms with Gasteiger partial charge in [0, 0.05) is 18.3 Å². The Morgan fingerprint density at radius 1 is 1.42 bits per heavy atom. The molecule has 2 rings (SSSR count). The molecule has 146 valence electrons. The fourth-order valence-corrected chi connectivity index (χ4v) is 3.39. The highest BCUT2D eigenvalue weighted by molar-refractivity contribution is 7.86. The first-order valence-corrected chi connectivity index (χ1v) is 9.13. The summed E-state index contributed by atoms with van der Waals surface area (Å²) in [7, 11) is -4.52. The normalized spacial score (nSPS) is 27.4. The minimum Gasteiger partial charge on any atom is -0.479 e. The van der Waals surface area contributed by atoms with Crippen molar-refractivity contribution in [1.82, 2.24) is 9.55 Å². The smallest absolute Gasteiger partial charge is 0.335 e. The van der Waals surface area contributed by atoms with Gasteiger partial charge in [-0.1, -0.05) is 0 Å². The summed E-state index contributed by atoms with van der Waals surface area (Å²) in [6.45, 7) is -0.462. The molecule has 1 fully saturated rings. The highest BCUT2D eigenvalue weighted by Crippen LogP contribution is 2.29. The molecule has 1 aromatic heterocycles. The molecular weight excluding hydrogens is 394 g/mol. The Morgan fingerprint density at radius 2 is 2.04 bits per heavy atom. The van der Waals surface area contributed by atoms with Gasteiger partial charge in [0.15, 0.2) is 17.1 Å². The van der Waals surface area contributed by atoms with E-state index in [-0.39, 0.29) is 10.3 Å². The Morgan fingerprint density at radius 3 is 2.50 bits per heavy atom. The number of aliphatic hydroxyl groups excluding tert-OH is 2. The van der Waals surface area contributed by atoms with Gasteiger partial charge >= 0.3 is 5.97 Å². The predicted octanol–water partition coefficient (Wildman–Crippen LogP) is -2.63. The van der Waals surface area contributed by atoms with Gasteiger partial charge in [-0.2, -0.15) is 8.42 Å². The first kappa shape index (κ1) is 20.6. The number of carboxylic acids is 1. The van der Waals surface area contributed by atoms with Gasteiger partial charge in [0.05, 0.1) is 0 Å². The molecule has 0 spiro atoms. The molecule has 0 radical (unpaired) electrons. The molecule has 0 amide bonds. The minimum absolute atomic E-state index is 0.157. The van der Waals surface area contributed by atoms with Gasteiger partial charge in [-0.15, -0.1) is 0 Å². The summed E-state index contributed by atoms with van der Waals surface area (Å²) in [5.74, 6) is -1.51. The lowest BCUT2D eigenvalue weighted by Crippen LogP contribution is -2.36. The van der Waals surface area contributed by atoms with Crippen molar-refractivity contribution >= 4 is 28.3 Å². The van der Waals surface area contributed by atoms with Gasteiger partial charge in [0.2, 0.25) is 0 Å². The van der Waals surface area contributed by atoms with E-state index in [1.54, 1.807) is 0 Å². The molecule has 12 nitrogen and oxygen atoms in total. The maximum absolute atomic E-state index is 12.0. The zero-order valence-corrected chi connectivity index (χ0v) is 14.7. The summed E-state index contributed by atoms with van der Waals surface area (Å²) in [6, 6.07) is 0. The Balaban J connectivity index is 2.44. The topological polar surface area (TPSA) is 205 Å². The van der Waals surface area contributed by atoms with Crippen LogP contribution in [0.15, 0.2) is 11.0 Å². The lowest BCUT2D eigenvalue weighted by Gasteiger charge is -2.19. The summed E-state index contributed by atoms with van der Waals surface area (Å²) in [5.41, 5.74) is 4.39. The molecule has 1 aliphatic rings. The van der Waals surface area contributed by atoms with Crippen molar-refractivity contribution in [2.75, 3.05) is 6.54 Å². The molecule has 0 saturated carbocycles. The number of carboxylic acid groups (broad SMARTS) is 1. The van der Waals surface area contributed by atoms with E-state index in [9.17, 15) is 28.2 Å². The van der Waals surface area contributed by atoms with E-state index in [1.807, 2.05) is 0 Å². The Labute approximate surface area is 151 Å². The number of H-pyrrole nitrogens is 1. The molecule has 1 unspecified atom stereocenters. The van der Waals surface area contributed by atoms with Crippen LogP contribution in [0, 0.1) is 4.77 Å². The third-order valence-corrected chi connectivity index (χ3v) is 5.44. The van der Waals surface area contributed by atoms with Crippen LogP contribution in [0.3, 0.4) is 0 Å². The highest BCUT2D eigenvalue weighted by atomic mass is 32.2. The molecule has 0 bridgehead atoms. The standard InChI is InChI=1S/C12H17N3O9S2/c13-2-5(26(21,22)23)1-4-3-15(12(25)14-9(4)18)10-7(17)6(16)8(24-10)11(19)20/h3,5-8,10,16-17H,1-2,13H2,(H,19,20)(H,14,18,25)(H,21,22,23)/t5?,6-,7+,8-,10+/m0/s1. The Hall–Kier alpha value is -1.68. The second-order valence-corrected chi connectivity index (χ2v) is 7.75. The van der Waals surface area contributed by atoms with Crippen molar-refractivity contribution in [3.8, 4) is 0 Å². The van der Waals surface area contributed by atoms with E-state index in [0.717, 1.165) is 10.8 Å². The number of hydrogen-bond acceptors (Lipinski definition) is 9. The summed E-state index contributed by atoms with van der Waals surface area (Å²) in [4.78, 5) is 25.3. The van der Waals surface area contributed by atoms with Gasteiger partial charge in [-0.05, 0) is 18.6 Å². The maximum atomic E-state index is 12.0. The van der Waals surface area contributed by atoms with Gasteiger partial charge in [-0.3, -0.25) is 18.9 Å². The summed E-state index contributed by atoms with van der Waals surface area (Å²) < 4.78 is 37.5. The predicted molar refractivity (Wildman–Crippen MR) is 87.5 cm³/mol. The molecular formula is C12H17N3O9S2. The van der Waals surface area contributed by atoms with Crippen molar-refractivity contribution in [1.29, 1.82) is 0 Å². The lowest BCUT2D eigenvalue weighted by atomic mass is 10.1. The van der Waals surface area contributed by atoms with Crippen LogP contribution in [0.2, 0.25) is 0 Å². The molecule has 0 aliphatic carbocycles. The first-order chi connectivity index (χ1) is 12.0. The number of nitrogens with one attached hydrogen (secondary N) is 1. The van der Waals surface area contributed by atoms with Gasteiger partial charge in [0.25, 0.3) is 15.7 Å². The summed E-state index contributed by atoms with van der Waals surface area (Å²) >= 11 is 4.94. The van der Waals surface area contributed by atoms with Gasteiger partial charge in [-0.25, -0.2) is 4.79 Å². The molecule has 14 heteroatoms. The SMILES string of the molecule is NCC(Cc1cn([C@@H]2O[C@H](C(=O)O)[C@@H](O)[C@H]2O)c(=S)[nH]c1=O)S(=O)(=O)O. The first-order valence-electron chi connectivity index (χ1n) is 7.22. The third-order valence-electron chi connectivity index (χ3n) is 3.93. The molecule has 0 aromatic carbocycles. The number of hydrogen-bond donors (Lipinski definition) is 6. The zero-order valence-electron chi connectivity index (χ0n) is 13.0. The quantitative estimate of drug-likeness (QED) is 0.211. The van der Waals surface area contributed by atoms with E-state index in [1.165, 1.54) is 0 Å². The van der Waals surface area contributed by atoms with Crippen molar-refractivity contribution < 1.29 is 37.8 Å². The molecule has 26 heavy (non-hydrogen) atoms. The Kier molecular flexibility index (Phi) is 5.96. The lowest BCUT2D eigenvalue weighted by molar-refractivity contribution is -0.155.